The van der Waals surface area contributed by atoms with Gasteiger partial charge in [0, 0.05) is 26.2 Å². The van der Waals surface area contributed by atoms with E-state index in [1.807, 2.05) is 6.07 Å². The molecule has 0 aromatic heterocycles. The van der Waals surface area contributed by atoms with Crippen molar-refractivity contribution >= 4 is 24.8 Å². The minimum atomic E-state index is 0. The van der Waals surface area contributed by atoms with Gasteiger partial charge in [0.1, 0.15) is 0 Å². The van der Waals surface area contributed by atoms with E-state index in [2.05, 4.69) is 41.8 Å². The molecular weight excluding hydrogens is 271 g/mol. The van der Waals surface area contributed by atoms with Crippen molar-refractivity contribution in [3.05, 3.63) is 35.9 Å². The Hall–Kier alpha value is -0.320. The van der Waals surface area contributed by atoms with E-state index in [0.717, 1.165) is 19.6 Å². The predicted octanol–water partition coefficient (Wildman–Crippen LogP) is 1.81. The molecule has 0 saturated heterocycles. The Morgan fingerprint density at radius 1 is 1.00 bits per heavy atom. The monoisotopic (exact) mass is 294 g/mol. The van der Waals surface area contributed by atoms with Crippen molar-refractivity contribution < 1.29 is 5.11 Å². The maximum absolute atomic E-state index is 8.58. The van der Waals surface area contributed by atoms with E-state index in [9.17, 15) is 0 Å². The molecular formula is C13H24Cl2N2O. The lowest BCUT2D eigenvalue weighted by molar-refractivity contribution is 0.292. The Bertz CT molecular complexity index is 273. The molecule has 0 fully saturated rings. The zero-order valence-corrected chi connectivity index (χ0v) is 12.4. The fourth-order valence-corrected chi connectivity index (χ4v) is 1.60. The molecule has 0 saturated carbocycles. The fourth-order valence-electron chi connectivity index (χ4n) is 1.60. The summed E-state index contributed by atoms with van der Waals surface area (Å²) in [5, 5.41) is 15.1. The van der Waals surface area contributed by atoms with Gasteiger partial charge < -0.3 is 15.7 Å². The molecule has 1 rings (SSSR count). The number of benzene rings is 1. The van der Waals surface area contributed by atoms with Crippen LogP contribution in [0.15, 0.2) is 30.3 Å². The van der Waals surface area contributed by atoms with Crippen molar-refractivity contribution in [1.82, 2.24) is 10.6 Å². The molecule has 0 bridgehead atoms. The zero-order valence-electron chi connectivity index (χ0n) is 10.8. The first-order chi connectivity index (χ1) is 7.84. The molecule has 0 heterocycles. The number of nitrogens with one attached hydrogen (secondary N) is 2. The van der Waals surface area contributed by atoms with Crippen molar-refractivity contribution in [3.8, 4) is 0 Å². The summed E-state index contributed by atoms with van der Waals surface area (Å²) < 4.78 is 0. The van der Waals surface area contributed by atoms with E-state index < -0.39 is 0 Å². The van der Waals surface area contributed by atoms with Crippen LogP contribution in [0.5, 0.6) is 0 Å². The highest BCUT2D eigenvalue weighted by atomic mass is 35.5. The first-order valence-electron chi connectivity index (χ1n) is 5.92. The quantitative estimate of drug-likeness (QED) is 0.641. The lowest BCUT2D eigenvalue weighted by atomic mass is 10.0. The molecule has 1 atom stereocenters. The van der Waals surface area contributed by atoms with Gasteiger partial charge in [-0.25, -0.2) is 0 Å². The third-order valence-corrected chi connectivity index (χ3v) is 2.59. The van der Waals surface area contributed by atoms with Gasteiger partial charge in [-0.05, 0) is 11.5 Å². The van der Waals surface area contributed by atoms with Crippen LogP contribution in [0.4, 0.5) is 0 Å². The minimum Gasteiger partial charge on any atom is -0.395 e. The maximum Gasteiger partial charge on any atom is 0.0555 e. The molecule has 1 aromatic carbocycles. The summed E-state index contributed by atoms with van der Waals surface area (Å²) in [7, 11) is 0. The fraction of sp³-hybridized carbons (Fsp3) is 0.538. The van der Waals surface area contributed by atoms with E-state index in [1.54, 1.807) is 0 Å². The average molecular weight is 295 g/mol. The first-order valence-corrected chi connectivity index (χ1v) is 5.92. The van der Waals surface area contributed by atoms with Crippen LogP contribution in [-0.2, 0) is 0 Å². The van der Waals surface area contributed by atoms with E-state index in [4.69, 9.17) is 5.11 Å². The molecule has 1 aromatic rings. The van der Waals surface area contributed by atoms with Crippen LogP contribution < -0.4 is 10.6 Å². The van der Waals surface area contributed by atoms with Crippen molar-refractivity contribution in [2.24, 2.45) is 0 Å². The second-order valence-corrected chi connectivity index (χ2v) is 3.99. The lowest BCUT2D eigenvalue weighted by Gasteiger charge is -2.13. The van der Waals surface area contributed by atoms with E-state index >= 15 is 0 Å². The van der Waals surface area contributed by atoms with Crippen molar-refractivity contribution in [2.45, 2.75) is 12.8 Å². The molecule has 3 N–H and O–H groups in total. The number of aliphatic hydroxyl groups excluding tert-OH is 1. The van der Waals surface area contributed by atoms with Crippen LogP contribution in [0.3, 0.4) is 0 Å². The van der Waals surface area contributed by atoms with Gasteiger partial charge in [0.25, 0.3) is 0 Å². The molecule has 0 aliphatic heterocycles. The molecule has 0 radical (unpaired) electrons. The largest absolute Gasteiger partial charge is 0.395 e. The maximum atomic E-state index is 8.58. The standard InChI is InChI=1S/C13H22N2O.2ClH/c1-12(13-5-3-2-4-6-13)11-15-8-7-14-9-10-16;;/h2-6,12,14-16H,7-11H2,1H3;2*1H. The molecule has 3 nitrogen and oxygen atoms in total. The molecule has 0 aliphatic rings. The van der Waals surface area contributed by atoms with Gasteiger partial charge in [-0.3, -0.25) is 0 Å². The van der Waals surface area contributed by atoms with Crippen LogP contribution in [0.2, 0.25) is 0 Å². The Morgan fingerprint density at radius 2 is 1.61 bits per heavy atom. The van der Waals surface area contributed by atoms with Gasteiger partial charge in [-0.2, -0.15) is 0 Å². The molecule has 18 heavy (non-hydrogen) atoms. The molecule has 0 aliphatic carbocycles. The summed E-state index contributed by atoms with van der Waals surface area (Å²) in [5.41, 5.74) is 1.37. The van der Waals surface area contributed by atoms with Crippen LogP contribution in [0.1, 0.15) is 18.4 Å². The number of hydrogen-bond acceptors (Lipinski definition) is 3. The van der Waals surface area contributed by atoms with Gasteiger partial charge in [-0.15, -0.1) is 24.8 Å². The highest BCUT2D eigenvalue weighted by molar-refractivity contribution is 5.85. The summed E-state index contributed by atoms with van der Waals surface area (Å²) in [4.78, 5) is 0. The summed E-state index contributed by atoms with van der Waals surface area (Å²) in [6.45, 7) is 5.95. The molecule has 106 valence electrons. The van der Waals surface area contributed by atoms with Gasteiger partial charge in [0.15, 0.2) is 0 Å². The van der Waals surface area contributed by atoms with E-state index in [-0.39, 0.29) is 31.4 Å². The Labute approximate surface area is 122 Å². The predicted molar refractivity (Wildman–Crippen MR) is 82.2 cm³/mol. The van der Waals surface area contributed by atoms with Crippen molar-refractivity contribution in [1.29, 1.82) is 0 Å². The van der Waals surface area contributed by atoms with Gasteiger partial charge >= 0.3 is 0 Å². The normalized spacial score (nSPS) is 11.2. The van der Waals surface area contributed by atoms with Gasteiger partial charge in [0.2, 0.25) is 0 Å². The number of rotatable bonds is 8. The minimum absolute atomic E-state index is 0. The van der Waals surface area contributed by atoms with Crippen LogP contribution in [0.25, 0.3) is 0 Å². The summed E-state index contributed by atoms with van der Waals surface area (Å²) in [5.74, 6) is 0.541. The number of hydrogen-bond donors (Lipinski definition) is 3. The van der Waals surface area contributed by atoms with Crippen LogP contribution >= 0.6 is 24.8 Å². The summed E-state index contributed by atoms with van der Waals surface area (Å²) >= 11 is 0. The highest BCUT2D eigenvalue weighted by Gasteiger charge is 2.02. The van der Waals surface area contributed by atoms with E-state index in [1.165, 1.54) is 5.56 Å². The molecule has 0 spiro atoms. The molecule has 1 unspecified atom stereocenters. The molecule has 0 amide bonds. The van der Waals surface area contributed by atoms with Crippen molar-refractivity contribution in [3.63, 3.8) is 0 Å². The highest BCUT2D eigenvalue weighted by Crippen LogP contribution is 2.12. The third-order valence-electron chi connectivity index (χ3n) is 2.59. The van der Waals surface area contributed by atoms with E-state index in [0.29, 0.717) is 12.5 Å². The van der Waals surface area contributed by atoms with Crippen LogP contribution in [-0.4, -0.2) is 37.9 Å². The van der Waals surface area contributed by atoms with Gasteiger partial charge in [-0.1, -0.05) is 37.3 Å². The second-order valence-electron chi connectivity index (χ2n) is 3.99. The zero-order chi connectivity index (χ0) is 11.6. The van der Waals surface area contributed by atoms with Crippen molar-refractivity contribution in [2.75, 3.05) is 32.8 Å². The SMILES string of the molecule is CC(CNCCNCCO)c1ccccc1.Cl.Cl. The Balaban J connectivity index is 0. The topological polar surface area (TPSA) is 44.3 Å². The summed E-state index contributed by atoms with van der Waals surface area (Å²) in [6, 6.07) is 10.5. The van der Waals surface area contributed by atoms with Crippen LogP contribution in [0, 0.1) is 0 Å². The number of aliphatic hydroxyl groups is 1. The lowest BCUT2D eigenvalue weighted by Crippen LogP contribution is -2.31. The number of halogens is 2. The first kappa shape index (κ1) is 20.0. The van der Waals surface area contributed by atoms with Gasteiger partial charge in [0.05, 0.1) is 6.61 Å². The smallest absolute Gasteiger partial charge is 0.0555 e. The Kier molecular flexibility index (Phi) is 14.6. The second kappa shape index (κ2) is 13.1. The average Bonchev–Trinajstić information content (AvgIpc) is 2.34. The Morgan fingerprint density at radius 3 is 2.22 bits per heavy atom. The summed E-state index contributed by atoms with van der Waals surface area (Å²) in [6.07, 6.45) is 0. The molecule has 5 heteroatoms. The third kappa shape index (κ3) is 8.72.